The van der Waals surface area contributed by atoms with E-state index < -0.39 is 0 Å². The van der Waals surface area contributed by atoms with Gasteiger partial charge in [-0.1, -0.05) is 0 Å². The first-order chi connectivity index (χ1) is 5.79. The Morgan fingerprint density at radius 1 is 1.33 bits per heavy atom. The Labute approximate surface area is 81.6 Å². The van der Waals surface area contributed by atoms with Gasteiger partial charge >= 0.3 is 81.3 Å². The van der Waals surface area contributed by atoms with E-state index in [9.17, 15) is 0 Å². The van der Waals surface area contributed by atoms with Crippen molar-refractivity contribution in [3.63, 3.8) is 0 Å². The third-order valence-electron chi connectivity index (χ3n) is 2.40. The zero-order valence-corrected chi connectivity index (χ0v) is 8.18. The molecule has 1 heteroatoms. The topological polar surface area (TPSA) is 0 Å². The van der Waals surface area contributed by atoms with Crippen molar-refractivity contribution in [1.29, 1.82) is 0 Å². The van der Waals surface area contributed by atoms with Gasteiger partial charge in [0, 0.05) is 0 Å². The van der Waals surface area contributed by atoms with Crippen molar-refractivity contribution in [2.24, 2.45) is 0 Å². The summed E-state index contributed by atoms with van der Waals surface area (Å²) in [4.78, 5) is 0. The van der Waals surface area contributed by atoms with E-state index >= 15 is 0 Å². The molecule has 0 radical (unpaired) electrons. The predicted molar refractivity (Wildman–Crippen MR) is 47.2 cm³/mol. The summed E-state index contributed by atoms with van der Waals surface area (Å²) in [7, 11) is 0. The van der Waals surface area contributed by atoms with E-state index in [1.807, 2.05) is 0 Å². The van der Waals surface area contributed by atoms with Crippen LogP contribution in [0.4, 0.5) is 0 Å². The molecule has 0 atom stereocenters. The molecule has 2 rings (SSSR count). The average molecular weight is 199 g/mol. The van der Waals surface area contributed by atoms with Crippen LogP contribution in [0.2, 0.25) is 0 Å². The van der Waals surface area contributed by atoms with E-state index in [2.05, 4.69) is 47.2 Å². The third-order valence-corrected chi connectivity index (χ3v) is 3.04. The van der Waals surface area contributed by atoms with E-state index in [1.165, 1.54) is 21.2 Å². The molecule has 0 amide bonds. The molecule has 2 aliphatic rings. The van der Waals surface area contributed by atoms with Gasteiger partial charge in [-0.15, -0.1) is 0 Å². The number of hydrogen-bond acceptors (Lipinski definition) is 0. The molecule has 0 unspecified atom stereocenters. The molecule has 0 heterocycles. The molecule has 0 fully saturated rings. The van der Waals surface area contributed by atoms with Crippen LogP contribution < -0.4 is 0 Å². The van der Waals surface area contributed by atoms with Crippen LogP contribution in [0.5, 0.6) is 0 Å². The fourth-order valence-corrected chi connectivity index (χ4v) is 1.92. The fourth-order valence-electron chi connectivity index (χ4n) is 1.66. The van der Waals surface area contributed by atoms with Gasteiger partial charge in [-0.3, -0.25) is 0 Å². The van der Waals surface area contributed by atoms with Gasteiger partial charge in [0.15, 0.2) is 0 Å². The van der Waals surface area contributed by atoms with E-state index in [4.69, 9.17) is 0 Å². The molecule has 12 heavy (non-hydrogen) atoms. The minimum atomic E-state index is 1.04. The van der Waals surface area contributed by atoms with Crippen LogP contribution in [0.1, 0.15) is 19.8 Å². The summed E-state index contributed by atoms with van der Waals surface area (Å²) in [6, 6.07) is 0. The standard InChI is InChI=1S/C11H11.Fe/c1-9-5-4-8-11(9)10-6-2-3-7-10;/h2-3,6,8H,4,7H2,1H3;. The van der Waals surface area contributed by atoms with Crippen molar-refractivity contribution in [3.05, 3.63) is 45.5 Å². The monoisotopic (exact) mass is 199 g/mol. The van der Waals surface area contributed by atoms with Gasteiger partial charge in [0.05, 0.1) is 0 Å². The van der Waals surface area contributed by atoms with E-state index in [0.29, 0.717) is 0 Å². The van der Waals surface area contributed by atoms with Crippen LogP contribution in [-0.2, 0) is 16.0 Å². The summed E-state index contributed by atoms with van der Waals surface area (Å²) in [5, 5.41) is 0. The molecular formula is C11H11Fe. The van der Waals surface area contributed by atoms with Crippen molar-refractivity contribution in [3.8, 4) is 0 Å². The third kappa shape index (κ3) is 1.24. The van der Waals surface area contributed by atoms with Crippen LogP contribution in [-0.4, -0.2) is 0 Å². The normalized spacial score (nSPS) is 21.8. The van der Waals surface area contributed by atoms with Crippen LogP contribution in [0.25, 0.3) is 0 Å². The summed E-state index contributed by atoms with van der Waals surface area (Å²) in [6.07, 6.45) is 11.0. The summed E-state index contributed by atoms with van der Waals surface area (Å²) in [5.74, 6) is 0. The molecule has 0 N–H and O–H groups in total. The van der Waals surface area contributed by atoms with Gasteiger partial charge in [-0.25, -0.2) is 0 Å². The Morgan fingerprint density at radius 2 is 2.17 bits per heavy atom. The molecule has 0 spiro atoms. The second-order valence-corrected chi connectivity index (χ2v) is 3.83. The predicted octanol–water partition coefficient (Wildman–Crippen LogP) is 3.02. The zero-order valence-electron chi connectivity index (χ0n) is 7.08. The minimum absolute atomic E-state index is 1.04. The molecular weight excluding hydrogens is 188 g/mol. The molecule has 0 bridgehead atoms. The maximum atomic E-state index is 4.02. The molecule has 0 aromatic carbocycles. The van der Waals surface area contributed by atoms with Gasteiger partial charge in [0.25, 0.3) is 0 Å². The van der Waals surface area contributed by atoms with Gasteiger partial charge < -0.3 is 0 Å². The molecule has 0 aliphatic heterocycles. The van der Waals surface area contributed by atoms with E-state index in [0.717, 1.165) is 12.8 Å². The van der Waals surface area contributed by atoms with Crippen molar-refractivity contribution in [2.45, 2.75) is 19.8 Å². The Hall–Kier alpha value is -0.521. The molecule has 63 valence electrons. The second-order valence-electron chi connectivity index (χ2n) is 3.16. The van der Waals surface area contributed by atoms with Crippen molar-refractivity contribution >= 4 is 0 Å². The summed E-state index contributed by atoms with van der Waals surface area (Å²) in [6.45, 7) is 2.17. The first-order valence-corrected chi connectivity index (χ1v) is 4.75. The summed E-state index contributed by atoms with van der Waals surface area (Å²) < 4.78 is 1.28. The SMILES string of the molecule is CC1=[C]([Fe])CC=C1C1=CC=CC1. The zero-order chi connectivity index (χ0) is 8.55. The first-order valence-electron chi connectivity index (χ1n) is 4.19. The van der Waals surface area contributed by atoms with E-state index in [-0.39, 0.29) is 0 Å². The molecule has 2 aliphatic carbocycles. The Kier molecular flexibility index (Phi) is 2.08. The number of hydrogen-bond donors (Lipinski definition) is 0. The first kappa shape index (κ1) is 8.09. The van der Waals surface area contributed by atoms with Crippen LogP contribution in [0.15, 0.2) is 45.5 Å². The number of allylic oxidation sites excluding steroid dienone is 8. The van der Waals surface area contributed by atoms with Gasteiger partial charge in [0.1, 0.15) is 0 Å². The fraction of sp³-hybridized carbons (Fsp3) is 0.273. The maximum absolute atomic E-state index is 4.02. The quantitative estimate of drug-likeness (QED) is 0.569. The molecule has 0 saturated heterocycles. The second kappa shape index (κ2) is 3.08. The van der Waals surface area contributed by atoms with Gasteiger partial charge in [-0.2, -0.15) is 0 Å². The molecule has 0 aromatic rings. The average Bonchev–Trinajstić information content (AvgIpc) is 2.64. The van der Waals surface area contributed by atoms with Crippen molar-refractivity contribution < 1.29 is 16.0 Å². The van der Waals surface area contributed by atoms with Gasteiger partial charge in [0.2, 0.25) is 0 Å². The summed E-state index contributed by atoms with van der Waals surface area (Å²) >= 11 is 4.02. The number of rotatable bonds is 1. The van der Waals surface area contributed by atoms with Crippen LogP contribution in [0, 0.1) is 0 Å². The Balaban J connectivity index is 2.27. The van der Waals surface area contributed by atoms with Crippen LogP contribution >= 0.6 is 0 Å². The molecule has 0 aromatic heterocycles. The molecule has 0 saturated carbocycles. The van der Waals surface area contributed by atoms with E-state index in [1.54, 1.807) is 0 Å². The van der Waals surface area contributed by atoms with Gasteiger partial charge in [-0.05, 0) is 0 Å². The van der Waals surface area contributed by atoms with Crippen molar-refractivity contribution in [2.75, 3.05) is 0 Å². The summed E-state index contributed by atoms with van der Waals surface area (Å²) in [5.41, 5.74) is 4.25. The molecule has 0 nitrogen and oxygen atoms in total. The van der Waals surface area contributed by atoms with Crippen LogP contribution in [0.3, 0.4) is 0 Å². The Bertz CT molecular complexity index is 327. The Morgan fingerprint density at radius 3 is 2.67 bits per heavy atom. The van der Waals surface area contributed by atoms with Crippen molar-refractivity contribution in [1.82, 2.24) is 0 Å².